The van der Waals surface area contributed by atoms with Crippen LogP contribution in [0.25, 0.3) is 0 Å². The lowest BCUT2D eigenvalue weighted by Crippen LogP contribution is -2.05. The van der Waals surface area contributed by atoms with Crippen LogP contribution in [0.2, 0.25) is 0 Å². The van der Waals surface area contributed by atoms with Crippen molar-refractivity contribution in [1.29, 1.82) is 0 Å². The third kappa shape index (κ3) is 3.06. The lowest BCUT2D eigenvalue weighted by atomic mass is 10.1. The molecule has 0 unspecified atom stereocenters. The van der Waals surface area contributed by atoms with E-state index >= 15 is 0 Å². The number of hydrogen-bond acceptors (Lipinski definition) is 4. The molecule has 1 rings (SSSR count). The number of benzene rings is 1. The van der Waals surface area contributed by atoms with E-state index < -0.39 is 5.97 Å². The van der Waals surface area contributed by atoms with E-state index in [1.54, 1.807) is 13.0 Å². The van der Waals surface area contributed by atoms with Gasteiger partial charge in [-0.25, -0.2) is 0 Å². The average Bonchev–Trinajstić information content (AvgIpc) is 2.11. The van der Waals surface area contributed by atoms with Crippen LogP contribution in [0.15, 0.2) is 21.8 Å². The first kappa shape index (κ1) is 11.7. The molecule has 0 aliphatic heterocycles. The molecule has 0 fully saturated rings. The number of carbonyl (C=O) groups excluding carboxylic acids is 1. The second-order valence-corrected chi connectivity index (χ2v) is 3.89. The molecule has 4 nitrogen and oxygen atoms in total. The van der Waals surface area contributed by atoms with Gasteiger partial charge in [-0.15, -0.1) is 0 Å². The third-order valence-electron chi connectivity index (χ3n) is 1.71. The van der Waals surface area contributed by atoms with Crippen molar-refractivity contribution in [1.82, 2.24) is 0 Å². The Morgan fingerprint density at radius 2 is 2.27 bits per heavy atom. The molecular weight excluding hydrogens is 262 g/mol. The van der Waals surface area contributed by atoms with E-state index in [1.165, 1.54) is 13.1 Å². The maximum Gasteiger partial charge on any atom is 0.308 e. The molecule has 0 aromatic heterocycles. The second kappa shape index (κ2) is 4.93. The fourth-order valence-corrected chi connectivity index (χ4v) is 1.79. The number of ether oxygens (including phenoxy) is 1. The first-order chi connectivity index (χ1) is 7.04. The summed E-state index contributed by atoms with van der Waals surface area (Å²) in [7, 11) is 0. The standard InChI is InChI=1S/C10H10BrNO3/c1-6-3-9(11)4-8(5-12-14)10(6)15-7(2)13/h3-5,14H,1-2H3/b12-5-. The molecule has 80 valence electrons. The average molecular weight is 272 g/mol. The molecule has 0 saturated carbocycles. The summed E-state index contributed by atoms with van der Waals surface area (Å²) in [6.07, 6.45) is 1.22. The van der Waals surface area contributed by atoms with Crippen molar-refractivity contribution in [2.45, 2.75) is 13.8 Å². The molecule has 1 aromatic rings. The van der Waals surface area contributed by atoms with Gasteiger partial charge < -0.3 is 9.94 Å². The summed E-state index contributed by atoms with van der Waals surface area (Å²) >= 11 is 3.30. The van der Waals surface area contributed by atoms with Crippen molar-refractivity contribution in [3.8, 4) is 5.75 Å². The van der Waals surface area contributed by atoms with Crippen LogP contribution in [0.3, 0.4) is 0 Å². The molecule has 0 amide bonds. The zero-order valence-corrected chi connectivity index (χ0v) is 9.91. The Balaban J connectivity index is 3.26. The Kier molecular flexibility index (Phi) is 3.85. The predicted molar refractivity (Wildman–Crippen MR) is 59.6 cm³/mol. The fraction of sp³-hybridized carbons (Fsp3) is 0.200. The van der Waals surface area contributed by atoms with Gasteiger partial charge in [-0.3, -0.25) is 4.79 Å². The van der Waals surface area contributed by atoms with Crippen molar-refractivity contribution >= 4 is 28.1 Å². The molecule has 0 aliphatic carbocycles. The van der Waals surface area contributed by atoms with Gasteiger partial charge >= 0.3 is 5.97 Å². The molecular formula is C10H10BrNO3. The highest BCUT2D eigenvalue weighted by molar-refractivity contribution is 9.10. The van der Waals surface area contributed by atoms with Crippen LogP contribution < -0.4 is 4.74 Å². The van der Waals surface area contributed by atoms with Gasteiger partial charge in [0.05, 0.1) is 6.21 Å². The molecule has 0 atom stereocenters. The van der Waals surface area contributed by atoms with E-state index in [1.807, 2.05) is 6.07 Å². The van der Waals surface area contributed by atoms with E-state index in [9.17, 15) is 4.79 Å². The van der Waals surface area contributed by atoms with Crippen LogP contribution in [0, 0.1) is 6.92 Å². The molecule has 15 heavy (non-hydrogen) atoms. The monoisotopic (exact) mass is 271 g/mol. The Morgan fingerprint density at radius 1 is 1.60 bits per heavy atom. The summed E-state index contributed by atoms with van der Waals surface area (Å²) in [5.41, 5.74) is 1.33. The van der Waals surface area contributed by atoms with Crippen LogP contribution in [0.1, 0.15) is 18.1 Å². The molecule has 0 radical (unpaired) electrons. The normalized spacial score (nSPS) is 10.6. The summed E-state index contributed by atoms with van der Waals surface area (Å²) in [6.45, 7) is 3.12. The number of carbonyl (C=O) groups is 1. The highest BCUT2D eigenvalue weighted by Crippen LogP contribution is 2.27. The zero-order chi connectivity index (χ0) is 11.4. The minimum Gasteiger partial charge on any atom is -0.426 e. The minimum absolute atomic E-state index is 0.406. The molecule has 0 aliphatic rings. The lowest BCUT2D eigenvalue weighted by molar-refractivity contribution is -0.131. The van der Waals surface area contributed by atoms with E-state index in [0.717, 1.165) is 10.0 Å². The van der Waals surface area contributed by atoms with E-state index in [0.29, 0.717) is 11.3 Å². The van der Waals surface area contributed by atoms with Crippen LogP contribution in [-0.2, 0) is 4.79 Å². The molecule has 5 heteroatoms. The summed E-state index contributed by atoms with van der Waals surface area (Å²) < 4.78 is 5.85. The maximum atomic E-state index is 10.9. The van der Waals surface area contributed by atoms with Crippen molar-refractivity contribution in [3.05, 3.63) is 27.7 Å². The Bertz CT molecular complexity index is 415. The fourth-order valence-electron chi connectivity index (χ4n) is 1.20. The predicted octanol–water partition coefficient (Wildman–Crippen LogP) is 2.49. The van der Waals surface area contributed by atoms with Gasteiger partial charge in [0.1, 0.15) is 5.75 Å². The SMILES string of the molecule is CC(=O)Oc1c(C)cc(Br)cc1/C=N\O. The molecule has 0 spiro atoms. The van der Waals surface area contributed by atoms with Crippen LogP contribution in [0.5, 0.6) is 5.75 Å². The van der Waals surface area contributed by atoms with Gasteiger partial charge in [0.25, 0.3) is 0 Å². The smallest absolute Gasteiger partial charge is 0.308 e. The Morgan fingerprint density at radius 3 is 2.80 bits per heavy atom. The van der Waals surface area contributed by atoms with E-state index in [-0.39, 0.29) is 0 Å². The topological polar surface area (TPSA) is 58.9 Å². The number of halogens is 1. The third-order valence-corrected chi connectivity index (χ3v) is 2.17. The molecule has 0 heterocycles. The number of aryl methyl sites for hydroxylation is 1. The summed E-state index contributed by atoms with van der Waals surface area (Å²) in [5.74, 6) is -0.00323. The van der Waals surface area contributed by atoms with E-state index in [4.69, 9.17) is 9.94 Å². The van der Waals surface area contributed by atoms with Gasteiger partial charge in [0.15, 0.2) is 0 Å². The molecule has 1 N–H and O–H groups in total. The summed E-state index contributed by atoms with van der Waals surface area (Å²) in [4.78, 5) is 10.9. The highest BCUT2D eigenvalue weighted by Gasteiger charge is 2.09. The van der Waals surface area contributed by atoms with E-state index in [2.05, 4.69) is 21.1 Å². The Labute approximate surface area is 95.7 Å². The van der Waals surface area contributed by atoms with Gasteiger partial charge in [-0.1, -0.05) is 21.1 Å². The first-order valence-electron chi connectivity index (χ1n) is 4.20. The molecule has 0 bridgehead atoms. The number of nitrogens with zero attached hydrogens (tertiary/aromatic N) is 1. The van der Waals surface area contributed by atoms with Crippen molar-refractivity contribution < 1.29 is 14.7 Å². The Hall–Kier alpha value is -1.36. The lowest BCUT2D eigenvalue weighted by Gasteiger charge is -2.09. The molecule has 1 aromatic carbocycles. The summed E-state index contributed by atoms with van der Waals surface area (Å²) in [5, 5.41) is 11.4. The minimum atomic E-state index is -0.409. The number of hydrogen-bond donors (Lipinski definition) is 1. The number of rotatable bonds is 2. The zero-order valence-electron chi connectivity index (χ0n) is 8.32. The largest absolute Gasteiger partial charge is 0.426 e. The maximum absolute atomic E-state index is 10.9. The highest BCUT2D eigenvalue weighted by atomic mass is 79.9. The van der Waals surface area contributed by atoms with Crippen molar-refractivity contribution in [3.63, 3.8) is 0 Å². The second-order valence-electron chi connectivity index (χ2n) is 2.98. The van der Waals surface area contributed by atoms with Gasteiger partial charge in [0.2, 0.25) is 0 Å². The van der Waals surface area contributed by atoms with Crippen molar-refractivity contribution in [2.75, 3.05) is 0 Å². The van der Waals surface area contributed by atoms with Crippen LogP contribution in [-0.4, -0.2) is 17.4 Å². The van der Waals surface area contributed by atoms with Crippen LogP contribution in [0.4, 0.5) is 0 Å². The van der Waals surface area contributed by atoms with Gasteiger partial charge in [0, 0.05) is 17.0 Å². The van der Waals surface area contributed by atoms with Gasteiger partial charge in [-0.05, 0) is 24.6 Å². The van der Waals surface area contributed by atoms with Gasteiger partial charge in [-0.2, -0.15) is 0 Å². The quantitative estimate of drug-likeness (QED) is 0.296. The summed E-state index contributed by atoms with van der Waals surface area (Å²) in [6, 6.07) is 3.51. The van der Waals surface area contributed by atoms with Crippen molar-refractivity contribution in [2.24, 2.45) is 5.16 Å². The number of esters is 1. The first-order valence-corrected chi connectivity index (χ1v) is 5.00. The van der Waals surface area contributed by atoms with Crippen LogP contribution >= 0.6 is 15.9 Å². The number of oxime groups is 1. The molecule has 0 saturated heterocycles.